The molecular weight excluding hydrogens is 276 g/mol. The van der Waals surface area contributed by atoms with Crippen LogP contribution in [0.4, 0.5) is 11.4 Å². The molecule has 0 aliphatic heterocycles. The largest absolute Gasteiger partial charge is 0.326 e. The molecule has 0 spiro atoms. The third-order valence-corrected chi connectivity index (χ3v) is 3.30. The van der Waals surface area contributed by atoms with E-state index in [4.69, 9.17) is 0 Å². The lowest BCUT2D eigenvalue weighted by Crippen LogP contribution is -2.12. The second-order valence-electron chi connectivity index (χ2n) is 5.49. The van der Waals surface area contributed by atoms with Crippen LogP contribution in [-0.2, 0) is 4.79 Å². The van der Waals surface area contributed by atoms with E-state index in [1.54, 1.807) is 24.3 Å². The van der Waals surface area contributed by atoms with Gasteiger partial charge in [-0.3, -0.25) is 9.59 Å². The number of carbonyl (C=O) groups is 2. The Morgan fingerprint density at radius 1 is 0.818 bits per heavy atom. The number of anilines is 2. The van der Waals surface area contributed by atoms with Crippen LogP contribution in [0.2, 0.25) is 0 Å². The van der Waals surface area contributed by atoms with Crippen molar-refractivity contribution >= 4 is 23.2 Å². The molecule has 0 saturated carbocycles. The Labute approximate surface area is 130 Å². The van der Waals surface area contributed by atoms with Gasteiger partial charge in [-0.05, 0) is 47.9 Å². The minimum absolute atomic E-state index is 0.123. The van der Waals surface area contributed by atoms with E-state index >= 15 is 0 Å². The molecule has 0 aliphatic rings. The highest BCUT2D eigenvalue weighted by Crippen LogP contribution is 2.17. The Morgan fingerprint density at radius 2 is 1.32 bits per heavy atom. The van der Waals surface area contributed by atoms with Gasteiger partial charge < -0.3 is 10.6 Å². The highest BCUT2D eigenvalue weighted by Gasteiger charge is 2.07. The van der Waals surface area contributed by atoms with E-state index in [1.807, 2.05) is 24.3 Å². The molecule has 0 fully saturated rings. The summed E-state index contributed by atoms with van der Waals surface area (Å²) in [5.41, 5.74) is 3.21. The molecule has 4 nitrogen and oxygen atoms in total. The normalized spacial score (nSPS) is 10.4. The molecule has 0 aromatic heterocycles. The first-order valence-corrected chi connectivity index (χ1v) is 7.24. The van der Waals surface area contributed by atoms with Gasteiger partial charge in [0.1, 0.15) is 0 Å². The van der Waals surface area contributed by atoms with Gasteiger partial charge in [0.2, 0.25) is 5.91 Å². The number of benzene rings is 2. The van der Waals surface area contributed by atoms with Crippen LogP contribution < -0.4 is 10.6 Å². The summed E-state index contributed by atoms with van der Waals surface area (Å²) in [4.78, 5) is 23.1. The fourth-order valence-electron chi connectivity index (χ4n) is 2.06. The number of hydrogen-bond acceptors (Lipinski definition) is 2. The molecule has 2 rings (SSSR count). The van der Waals surface area contributed by atoms with Crippen molar-refractivity contribution in [2.24, 2.45) is 0 Å². The molecule has 4 heteroatoms. The number of amides is 2. The fraction of sp³-hybridized carbons (Fsp3) is 0.222. The van der Waals surface area contributed by atoms with Crippen LogP contribution in [0.3, 0.4) is 0 Å². The molecule has 0 unspecified atom stereocenters. The van der Waals surface area contributed by atoms with Crippen LogP contribution >= 0.6 is 0 Å². The molecule has 0 bridgehead atoms. The quantitative estimate of drug-likeness (QED) is 0.895. The first kappa shape index (κ1) is 15.8. The van der Waals surface area contributed by atoms with Gasteiger partial charge in [-0.25, -0.2) is 0 Å². The second-order valence-corrected chi connectivity index (χ2v) is 5.49. The standard InChI is InChI=1S/C18H20N2O2/c1-12(2)14-4-6-15(7-5-14)18(22)20-17-10-8-16(9-11-17)19-13(3)21/h4-12H,1-3H3,(H,19,21)(H,20,22). The van der Waals surface area contributed by atoms with Crippen LogP contribution in [0.5, 0.6) is 0 Å². The molecule has 0 saturated heterocycles. The van der Waals surface area contributed by atoms with Crippen LogP contribution in [-0.4, -0.2) is 11.8 Å². The van der Waals surface area contributed by atoms with Crippen molar-refractivity contribution in [3.05, 3.63) is 59.7 Å². The maximum Gasteiger partial charge on any atom is 0.255 e. The zero-order chi connectivity index (χ0) is 16.1. The number of rotatable bonds is 4. The van der Waals surface area contributed by atoms with E-state index in [1.165, 1.54) is 12.5 Å². The lowest BCUT2D eigenvalue weighted by molar-refractivity contribution is -0.114. The van der Waals surface area contributed by atoms with Crippen LogP contribution in [0.15, 0.2) is 48.5 Å². The second kappa shape index (κ2) is 6.89. The van der Waals surface area contributed by atoms with Crippen LogP contribution in [0.1, 0.15) is 42.6 Å². The smallest absolute Gasteiger partial charge is 0.255 e. The van der Waals surface area contributed by atoms with E-state index in [9.17, 15) is 9.59 Å². The topological polar surface area (TPSA) is 58.2 Å². The highest BCUT2D eigenvalue weighted by atomic mass is 16.2. The Morgan fingerprint density at radius 3 is 1.77 bits per heavy atom. The number of carbonyl (C=O) groups excluding carboxylic acids is 2. The predicted octanol–water partition coefficient (Wildman–Crippen LogP) is 4.02. The fourth-order valence-corrected chi connectivity index (χ4v) is 2.06. The monoisotopic (exact) mass is 296 g/mol. The van der Waals surface area contributed by atoms with E-state index in [0.29, 0.717) is 22.9 Å². The van der Waals surface area contributed by atoms with Crippen molar-refractivity contribution in [2.45, 2.75) is 26.7 Å². The average molecular weight is 296 g/mol. The van der Waals surface area contributed by atoms with Crippen molar-refractivity contribution in [3.8, 4) is 0 Å². The van der Waals surface area contributed by atoms with Gasteiger partial charge in [-0.1, -0.05) is 26.0 Å². The van der Waals surface area contributed by atoms with Gasteiger partial charge in [0.25, 0.3) is 5.91 Å². The Balaban J connectivity index is 2.03. The predicted molar refractivity (Wildman–Crippen MR) is 89.2 cm³/mol. The zero-order valence-corrected chi connectivity index (χ0v) is 13.0. The van der Waals surface area contributed by atoms with E-state index < -0.39 is 0 Å². The van der Waals surface area contributed by atoms with Gasteiger partial charge in [0.15, 0.2) is 0 Å². The van der Waals surface area contributed by atoms with Gasteiger partial charge in [-0.15, -0.1) is 0 Å². The summed E-state index contributed by atoms with van der Waals surface area (Å²) < 4.78 is 0. The molecule has 22 heavy (non-hydrogen) atoms. The summed E-state index contributed by atoms with van der Waals surface area (Å²) >= 11 is 0. The van der Waals surface area contributed by atoms with Crippen molar-refractivity contribution < 1.29 is 9.59 Å². The van der Waals surface area contributed by atoms with Gasteiger partial charge in [-0.2, -0.15) is 0 Å². The van der Waals surface area contributed by atoms with E-state index in [0.717, 1.165) is 0 Å². The number of hydrogen-bond donors (Lipinski definition) is 2. The lowest BCUT2D eigenvalue weighted by Gasteiger charge is -2.09. The molecule has 2 aromatic carbocycles. The zero-order valence-electron chi connectivity index (χ0n) is 13.0. The summed E-state index contributed by atoms with van der Waals surface area (Å²) in [7, 11) is 0. The van der Waals surface area contributed by atoms with E-state index in [-0.39, 0.29) is 11.8 Å². The molecule has 0 radical (unpaired) electrons. The van der Waals surface area contributed by atoms with Gasteiger partial charge in [0, 0.05) is 23.9 Å². The SMILES string of the molecule is CC(=O)Nc1ccc(NC(=O)c2ccc(C(C)C)cc2)cc1. The van der Waals surface area contributed by atoms with Crippen molar-refractivity contribution in [3.63, 3.8) is 0 Å². The van der Waals surface area contributed by atoms with Crippen molar-refractivity contribution in [1.29, 1.82) is 0 Å². The molecule has 2 amide bonds. The minimum atomic E-state index is -0.150. The molecule has 0 atom stereocenters. The van der Waals surface area contributed by atoms with Crippen LogP contribution in [0.25, 0.3) is 0 Å². The summed E-state index contributed by atoms with van der Waals surface area (Å²) in [6.45, 7) is 5.69. The molecule has 114 valence electrons. The highest BCUT2D eigenvalue weighted by molar-refractivity contribution is 6.04. The Hall–Kier alpha value is -2.62. The Kier molecular flexibility index (Phi) is 4.94. The Bertz CT molecular complexity index is 658. The third-order valence-electron chi connectivity index (χ3n) is 3.30. The lowest BCUT2D eigenvalue weighted by atomic mass is 10.0. The third kappa shape index (κ3) is 4.19. The molecule has 0 aliphatic carbocycles. The first-order valence-electron chi connectivity index (χ1n) is 7.24. The van der Waals surface area contributed by atoms with Crippen molar-refractivity contribution in [2.75, 3.05) is 10.6 Å². The maximum absolute atomic E-state index is 12.2. The molecule has 2 N–H and O–H groups in total. The molecule has 0 heterocycles. The first-order chi connectivity index (χ1) is 10.5. The minimum Gasteiger partial charge on any atom is -0.326 e. The summed E-state index contributed by atoms with van der Waals surface area (Å²) in [6.07, 6.45) is 0. The van der Waals surface area contributed by atoms with E-state index in [2.05, 4.69) is 24.5 Å². The summed E-state index contributed by atoms with van der Waals surface area (Å²) in [5.74, 6) is 0.169. The van der Waals surface area contributed by atoms with Crippen molar-refractivity contribution in [1.82, 2.24) is 0 Å². The van der Waals surface area contributed by atoms with Crippen LogP contribution in [0, 0.1) is 0 Å². The summed E-state index contributed by atoms with van der Waals surface area (Å²) in [6, 6.07) is 14.6. The van der Waals surface area contributed by atoms with Gasteiger partial charge in [0.05, 0.1) is 0 Å². The maximum atomic E-state index is 12.2. The van der Waals surface area contributed by atoms with Gasteiger partial charge >= 0.3 is 0 Å². The number of nitrogens with one attached hydrogen (secondary N) is 2. The molecule has 2 aromatic rings. The summed E-state index contributed by atoms with van der Waals surface area (Å²) in [5, 5.41) is 5.52. The molecular formula is C18H20N2O2. The average Bonchev–Trinajstić information content (AvgIpc) is 2.49.